The molecule has 2 heteroatoms. The van der Waals surface area contributed by atoms with Crippen molar-refractivity contribution < 1.29 is 0 Å². The van der Waals surface area contributed by atoms with Crippen LogP contribution >= 0.6 is 11.8 Å². The number of nitrogens with zero attached hydrogens (tertiary/aromatic N) is 1. The molecule has 1 aromatic carbocycles. The monoisotopic (exact) mass is 259 g/mol. The molecule has 1 heterocycles. The largest absolute Gasteiger partial charge is 0.320 e. The van der Waals surface area contributed by atoms with Crippen molar-refractivity contribution >= 4 is 28.9 Å². The average molecular weight is 259 g/mol. The van der Waals surface area contributed by atoms with Gasteiger partial charge in [-0.05, 0) is 29.4 Å². The van der Waals surface area contributed by atoms with E-state index in [0.717, 1.165) is 5.75 Å². The van der Waals surface area contributed by atoms with Crippen LogP contribution in [0.25, 0.3) is 17.1 Å². The zero-order valence-corrected chi connectivity index (χ0v) is 12.5. The van der Waals surface area contributed by atoms with Gasteiger partial charge in [0.15, 0.2) is 0 Å². The third kappa shape index (κ3) is 2.35. The lowest BCUT2D eigenvalue weighted by molar-refractivity contribution is 0.591. The lowest BCUT2D eigenvalue weighted by Gasteiger charge is -2.19. The summed E-state index contributed by atoms with van der Waals surface area (Å²) >= 11 is 1.84. The first-order chi connectivity index (χ1) is 8.47. The van der Waals surface area contributed by atoms with Gasteiger partial charge in [0.25, 0.3) is 0 Å². The summed E-state index contributed by atoms with van der Waals surface area (Å²) in [5.41, 5.74) is 4.14. The summed E-state index contributed by atoms with van der Waals surface area (Å²) in [6, 6.07) is 9.01. The van der Waals surface area contributed by atoms with Crippen molar-refractivity contribution in [3.8, 4) is 0 Å². The topological polar surface area (TPSA) is 4.93 Å². The van der Waals surface area contributed by atoms with Crippen LogP contribution in [0.3, 0.4) is 0 Å². The van der Waals surface area contributed by atoms with Gasteiger partial charge >= 0.3 is 0 Å². The van der Waals surface area contributed by atoms with Crippen LogP contribution in [-0.2, 0) is 11.2 Å². The average Bonchev–Trinajstić information content (AvgIpc) is 2.64. The maximum atomic E-state index is 3.94. The van der Waals surface area contributed by atoms with E-state index < -0.39 is 0 Å². The van der Waals surface area contributed by atoms with Gasteiger partial charge in [0.05, 0.1) is 5.52 Å². The Labute approximate surface area is 114 Å². The molecular weight excluding hydrogens is 238 g/mol. The molecule has 0 aliphatic carbocycles. The van der Waals surface area contributed by atoms with Gasteiger partial charge < -0.3 is 4.57 Å². The molecule has 0 radical (unpaired) electrons. The van der Waals surface area contributed by atoms with Gasteiger partial charge in [-0.25, -0.2) is 0 Å². The summed E-state index contributed by atoms with van der Waals surface area (Å²) in [5.74, 6) is 1.02. The molecule has 2 rings (SSSR count). The summed E-state index contributed by atoms with van der Waals surface area (Å²) in [5, 5.41) is 1.30. The molecule has 0 saturated carbocycles. The van der Waals surface area contributed by atoms with Gasteiger partial charge in [-0.1, -0.05) is 39.5 Å². The second-order valence-corrected chi connectivity index (χ2v) is 6.51. The second-order valence-electron chi connectivity index (χ2n) is 5.64. The number of hydrogen-bond acceptors (Lipinski definition) is 1. The Morgan fingerprint density at radius 1 is 1.28 bits per heavy atom. The molecule has 0 atom stereocenters. The molecule has 0 amide bonds. The Hall–Kier alpha value is -1.15. The van der Waals surface area contributed by atoms with Crippen molar-refractivity contribution in [1.29, 1.82) is 0 Å². The van der Waals surface area contributed by atoms with E-state index in [-0.39, 0.29) is 5.41 Å². The summed E-state index contributed by atoms with van der Waals surface area (Å²) < 4.78 is 2.21. The highest BCUT2D eigenvalue weighted by Gasteiger charge is 2.15. The van der Waals surface area contributed by atoms with E-state index in [2.05, 4.69) is 62.4 Å². The van der Waals surface area contributed by atoms with Gasteiger partial charge in [-0.15, -0.1) is 0 Å². The number of aromatic nitrogens is 1. The van der Waals surface area contributed by atoms with Crippen LogP contribution in [0.15, 0.2) is 30.8 Å². The normalized spacial score (nSPS) is 12.0. The lowest BCUT2D eigenvalue weighted by Crippen LogP contribution is -2.10. The number of fused-ring (bicyclic) bond motifs is 1. The Kier molecular flexibility index (Phi) is 3.58. The molecule has 0 fully saturated rings. The van der Waals surface area contributed by atoms with E-state index in [0.29, 0.717) is 0 Å². The van der Waals surface area contributed by atoms with Crippen LogP contribution in [0.1, 0.15) is 32.0 Å². The minimum atomic E-state index is 0.185. The molecular formula is C16H21NS. The molecule has 96 valence electrons. The molecule has 0 saturated heterocycles. The van der Waals surface area contributed by atoms with Gasteiger partial charge in [-0.3, -0.25) is 0 Å². The second kappa shape index (κ2) is 4.85. The van der Waals surface area contributed by atoms with Crippen molar-refractivity contribution in [3.63, 3.8) is 0 Å². The van der Waals surface area contributed by atoms with Crippen molar-refractivity contribution in [3.05, 3.63) is 42.1 Å². The van der Waals surface area contributed by atoms with Gasteiger partial charge in [-0.2, -0.15) is 11.8 Å². The highest BCUT2D eigenvalue weighted by Crippen LogP contribution is 2.29. The molecule has 1 aromatic heterocycles. The predicted molar refractivity (Wildman–Crippen MR) is 84.2 cm³/mol. The highest BCUT2D eigenvalue weighted by molar-refractivity contribution is 7.97. The maximum absolute atomic E-state index is 3.94. The molecule has 2 aromatic rings. The summed E-state index contributed by atoms with van der Waals surface area (Å²) in [6.07, 6.45) is 4.05. The number of rotatable bonds is 3. The summed E-state index contributed by atoms with van der Waals surface area (Å²) in [4.78, 5) is 0. The first-order valence-electron chi connectivity index (χ1n) is 6.23. The van der Waals surface area contributed by atoms with E-state index in [9.17, 15) is 0 Å². The summed E-state index contributed by atoms with van der Waals surface area (Å²) in [7, 11) is 0. The fraction of sp³-hybridized carbons (Fsp3) is 0.375. The van der Waals surface area contributed by atoms with Crippen LogP contribution in [-0.4, -0.2) is 10.8 Å². The first kappa shape index (κ1) is 13.3. The minimum Gasteiger partial charge on any atom is -0.320 e. The SMILES string of the molecule is C=Cn1c(CSC)cc2ccc(C(C)(C)C)cc21. The van der Waals surface area contributed by atoms with Gasteiger partial charge in [0, 0.05) is 23.0 Å². The third-order valence-corrected chi connectivity index (χ3v) is 3.85. The van der Waals surface area contributed by atoms with Crippen molar-refractivity contribution in [2.75, 3.05) is 6.26 Å². The molecule has 0 aliphatic rings. The molecule has 0 N–H and O–H groups in total. The van der Waals surface area contributed by atoms with E-state index in [1.165, 1.54) is 22.2 Å². The minimum absolute atomic E-state index is 0.185. The standard InChI is InChI=1S/C16H21NS/c1-6-17-14(11-18-5)9-12-7-8-13(10-15(12)17)16(2,3)4/h6-10H,1,11H2,2-5H3. The Morgan fingerprint density at radius 2 is 2.00 bits per heavy atom. The van der Waals surface area contributed by atoms with Crippen molar-refractivity contribution in [2.24, 2.45) is 0 Å². The third-order valence-electron chi connectivity index (χ3n) is 3.26. The highest BCUT2D eigenvalue weighted by atomic mass is 32.2. The molecule has 0 aliphatic heterocycles. The molecule has 1 nitrogen and oxygen atoms in total. The van der Waals surface area contributed by atoms with Crippen molar-refractivity contribution in [2.45, 2.75) is 31.9 Å². The van der Waals surface area contributed by atoms with Crippen molar-refractivity contribution in [1.82, 2.24) is 4.57 Å². The Balaban J connectivity index is 2.64. The zero-order valence-electron chi connectivity index (χ0n) is 11.7. The van der Waals surface area contributed by atoms with Gasteiger partial charge in [0.2, 0.25) is 0 Å². The summed E-state index contributed by atoms with van der Waals surface area (Å²) in [6.45, 7) is 10.7. The van der Waals surface area contributed by atoms with E-state index >= 15 is 0 Å². The van der Waals surface area contributed by atoms with E-state index in [4.69, 9.17) is 0 Å². The lowest BCUT2D eigenvalue weighted by atomic mass is 9.87. The smallest absolute Gasteiger partial charge is 0.0528 e. The molecule has 0 unspecified atom stereocenters. The molecule has 0 spiro atoms. The Morgan fingerprint density at radius 3 is 2.56 bits per heavy atom. The maximum Gasteiger partial charge on any atom is 0.0528 e. The first-order valence-corrected chi connectivity index (χ1v) is 7.62. The fourth-order valence-electron chi connectivity index (χ4n) is 2.22. The number of hydrogen-bond donors (Lipinski definition) is 0. The van der Waals surface area contributed by atoms with Gasteiger partial charge in [0.1, 0.15) is 0 Å². The molecule has 18 heavy (non-hydrogen) atoms. The Bertz CT molecular complexity index is 573. The molecule has 0 bridgehead atoms. The number of benzene rings is 1. The van der Waals surface area contributed by atoms with Crippen LogP contribution in [0.2, 0.25) is 0 Å². The fourth-order valence-corrected chi connectivity index (χ4v) is 2.74. The number of thioether (sulfide) groups is 1. The van der Waals surface area contributed by atoms with Crippen LogP contribution in [0.4, 0.5) is 0 Å². The van der Waals surface area contributed by atoms with Crippen LogP contribution in [0, 0.1) is 0 Å². The van der Waals surface area contributed by atoms with Crippen LogP contribution in [0.5, 0.6) is 0 Å². The van der Waals surface area contributed by atoms with E-state index in [1.54, 1.807) is 0 Å². The van der Waals surface area contributed by atoms with Crippen LogP contribution < -0.4 is 0 Å². The predicted octanol–water partition coefficient (Wildman–Crippen LogP) is 4.90. The zero-order chi connectivity index (χ0) is 13.3. The van der Waals surface area contributed by atoms with E-state index in [1.807, 2.05) is 18.0 Å². The quantitative estimate of drug-likeness (QED) is 0.758.